The number of rotatable bonds is 2. The van der Waals surface area contributed by atoms with E-state index in [0.29, 0.717) is 5.69 Å². The van der Waals surface area contributed by atoms with Gasteiger partial charge in [-0.25, -0.2) is 0 Å². The smallest absolute Gasteiger partial charge is 0.310 e. The fourth-order valence-corrected chi connectivity index (χ4v) is 2.50. The molecule has 2 N–H and O–H groups in total. The molecule has 0 amide bonds. The lowest BCUT2D eigenvalue weighted by molar-refractivity contribution is -0.153. The van der Waals surface area contributed by atoms with Crippen LogP contribution in [-0.4, -0.2) is 11.6 Å². The summed E-state index contributed by atoms with van der Waals surface area (Å²) in [4.78, 5) is 11.9. The quantitative estimate of drug-likeness (QED) is 0.663. The van der Waals surface area contributed by atoms with Crippen LogP contribution in [0.1, 0.15) is 43.0 Å². The van der Waals surface area contributed by atoms with Gasteiger partial charge >= 0.3 is 5.97 Å². The molecule has 4 heteroatoms. The number of benzene rings is 1. The third-order valence-electron chi connectivity index (χ3n) is 3.14. The van der Waals surface area contributed by atoms with Crippen molar-refractivity contribution in [2.75, 3.05) is 5.73 Å². The van der Waals surface area contributed by atoms with Crippen molar-refractivity contribution in [1.29, 1.82) is 0 Å². The molecule has 19 heavy (non-hydrogen) atoms. The molecule has 0 unspecified atom stereocenters. The summed E-state index contributed by atoms with van der Waals surface area (Å²) >= 11 is 3.56. The maximum atomic E-state index is 11.9. The van der Waals surface area contributed by atoms with Gasteiger partial charge in [0.25, 0.3) is 0 Å². The minimum absolute atomic E-state index is 0.203. The summed E-state index contributed by atoms with van der Waals surface area (Å²) in [6.45, 7) is 11.5. The molecule has 1 aromatic carbocycles. The maximum absolute atomic E-state index is 11.9. The Hall–Kier alpha value is -1.03. The summed E-state index contributed by atoms with van der Waals surface area (Å²) in [5.41, 5.74) is 10.3. The van der Waals surface area contributed by atoms with Crippen molar-refractivity contribution < 1.29 is 9.53 Å². The maximum Gasteiger partial charge on any atom is 0.310 e. The summed E-state index contributed by atoms with van der Waals surface area (Å²) in [7, 11) is 0. The molecule has 0 aliphatic carbocycles. The Kier molecular flexibility index (Phi) is 4.67. The second-order valence-corrected chi connectivity index (χ2v) is 6.64. The lowest BCUT2D eigenvalue weighted by Gasteiger charge is -2.21. The Bertz CT molecular complexity index is 487. The number of carbonyl (C=O) groups excluding carboxylic acids is 1. The van der Waals surface area contributed by atoms with Gasteiger partial charge < -0.3 is 10.5 Å². The highest BCUT2D eigenvalue weighted by molar-refractivity contribution is 9.10. The summed E-state index contributed by atoms with van der Waals surface area (Å²) in [5, 5.41) is 0. The van der Waals surface area contributed by atoms with Crippen molar-refractivity contribution in [3.63, 3.8) is 0 Å². The second kappa shape index (κ2) is 5.53. The fourth-order valence-electron chi connectivity index (χ4n) is 1.96. The van der Waals surface area contributed by atoms with Crippen LogP contribution in [-0.2, 0) is 16.0 Å². The van der Waals surface area contributed by atoms with Crippen LogP contribution in [0.15, 0.2) is 4.47 Å². The zero-order valence-electron chi connectivity index (χ0n) is 12.5. The van der Waals surface area contributed by atoms with E-state index in [4.69, 9.17) is 10.5 Å². The number of hydrogen-bond donors (Lipinski definition) is 1. The Morgan fingerprint density at radius 2 is 1.68 bits per heavy atom. The first-order chi connectivity index (χ1) is 8.54. The fraction of sp³-hybridized carbons (Fsp3) is 0.533. The predicted octanol–water partition coefficient (Wildman–Crippen LogP) is 3.84. The third-order valence-corrected chi connectivity index (χ3v) is 4.33. The largest absolute Gasteiger partial charge is 0.460 e. The second-order valence-electron chi connectivity index (χ2n) is 5.84. The van der Waals surface area contributed by atoms with E-state index in [0.717, 1.165) is 26.7 Å². The van der Waals surface area contributed by atoms with Crippen LogP contribution in [0, 0.1) is 20.8 Å². The van der Waals surface area contributed by atoms with Gasteiger partial charge in [-0.1, -0.05) is 15.9 Å². The third kappa shape index (κ3) is 3.72. The number of anilines is 1. The summed E-state index contributed by atoms with van der Waals surface area (Å²) in [6.07, 6.45) is 0.203. The van der Waals surface area contributed by atoms with E-state index < -0.39 is 5.60 Å². The molecule has 0 spiro atoms. The van der Waals surface area contributed by atoms with Gasteiger partial charge in [0.15, 0.2) is 0 Å². The van der Waals surface area contributed by atoms with Gasteiger partial charge in [-0.3, -0.25) is 4.79 Å². The zero-order valence-corrected chi connectivity index (χ0v) is 14.1. The van der Waals surface area contributed by atoms with Crippen LogP contribution in [0.5, 0.6) is 0 Å². The van der Waals surface area contributed by atoms with E-state index in [-0.39, 0.29) is 12.4 Å². The number of hydrogen-bond acceptors (Lipinski definition) is 3. The van der Waals surface area contributed by atoms with Crippen LogP contribution in [0.25, 0.3) is 0 Å². The van der Waals surface area contributed by atoms with Crippen LogP contribution in [0.3, 0.4) is 0 Å². The van der Waals surface area contributed by atoms with Gasteiger partial charge in [0.05, 0.1) is 6.42 Å². The molecule has 0 aliphatic rings. The van der Waals surface area contributed by atoms with Crippen molar-refractivity contribution in [3.05, 3.63) is 26.7 Å². The highest BCUT2D eigenvalue weighted by Gasteiger charge is 2.20. The molecule has 0 saturated carbocycles. The van der Waals surface area contributed by atoms with Crippen molar-refractivity contribution in [2.45, 2.75) is 53.6 Å². The van der Waals surface area contributed by atoms with Crippen LogP contribution >= 0.6 is 15.9 Å². The molecule has 3 nitrogen and oxygen atoms in total. The highest BCUT2D eigenvalue weighted by Crippen LogP contribution is 2.33. The highest BCUT2D eigenvalue weighted by atomic mass is 79.9. The normalized spacial score (nSPS) is 11.5. The van der Waals surface area contributed by atoms with Crippen molar-refractivity contribution >= 4 is 27.6 Å². The summed E-state index contributed by atoms with van der Waals surface area (Å²) in [6, 6.07) is 0. The molecular formula is C15H22BrNO2. The number of halogens is 1. The van der Waals surface area contributed by atoms with Gasteiger partial charge in [0.2, 0.25) is 0 Å². The number of carbonyl (C=O) groups is 1. The molecule has 0 heterocycles. The molecule has 0 aromatic heterocycles. The van der Waals surface area contributed by atoms with Gasteiger partial charge in [-0.2, -0.15) is 0 Å². The minimum atomic E-state index is -0.475. The van der Waals surface area contributed by atoms with E-state index in [1.165, 1.54) is 0 Å². The van der Waals surface area contributed by atoms with E-state index in [1.54, 1.807) is 0 Å². The van der Waals surface area contributed by atoms with Crippen molar-refractivity contribution in [3.8, 4) is 0 Å². The van der Waals surface area contributed by atoms with Crippen molar-refractivity contribution in [1.82, 2.24) is 0 Å². The van der Waals surface area contributed by atoms with Crippen molar-refractivity contribution in [2.24, 2.45) is 0 Å². The SMILES string of the molecule is Cc1c(C)c(Br)c(C)c(CC(=O)OC(C)(C)C)c1N. The number of nitrogens with two attached hydrogens (primary N) is 1. The lowest BCUT2D eigenvalue weighted by Crippen LogP contribution is -2.25. The predicted molar refractivity (Wildman–Crippen MR) is 82.3 cm³/mol. The van der Waals surface area contributed by atoms with Crippen LogP contribution in [0.4, 0.5) is 5.69 Å². The summed E-state index contributed by atoms with van der Waals surface area (Å²) in [5.74, 6) is -0.252. The number of esters is 1. The van der Waals surface area contributed by atoms with E-state index in [1.807, 2.05) is 41.5 Å². The van der Waals surface area contributed by atoms with Gasteiger partial charge in [0.1, 0.15) is 5.60 Å². The first kappa shape index (κ1) is 16.0. The van der Waals surface area contributed by atoms with Crippen LogP contribution < -0.4 is 5.73 Å². The molecule has 0 saturated heterocycles. The average Bonchev–Trinajstić information content (AvgIpc) is 2.27. The molecule has 0 aliphatic heterocycles. The summed E-state index contributed by atoms with van der Waals surface area (Å²) < 4.78 is 6.36. The first-order valence-electron chi connectivity index (χ1n) is 6.30. The minimum Gasteiger partial charge on any atom is -0.460 e. The zero-order chi connectivity index (χ0) is 15.0. The Morgan fingerprint density at radius 1 is 1.16 bits per heavy atom. The number of nitrogen functional groups attached to an aromatic ring is 1. The standard InChI is InChI=1S/C15H22BrNO2/c1-8-9(2)14(17)11(10(3)13(8)16)7-12(18)19-15(4,5)6/h7,17H2,1-6H3. The molecule has 1 aromatic rings. The van der Waals surface area contributed by atoms with Gasteiger partial charge in [-0.05, 0) is 63.8 Å². The Labute approximate surface area is 123 Å². The molecule has 0 atom stereocenters. The average molecular weight is 328 g/mol. The van der Waals surface area contributed by atoms with Gasteiger partial charge in [0, 0.05) is 10.2 Å². The molecule has 1 rings (SSSR count). The first-order valence-corrected chi connectivity index (χ1v) is 7.09. The Balaban J connectivity index is 3.13. The van der Waals surface area contributed by atoms with E-state index in [9.17, 15) is 4.79 Å². The van der Waals surface area contributed by atoms with E-state index >= 15 is 0 Å². The van der Waals surface area contributed by atoms with E-state index in [2.05, 4.69) is 15.9 Å². The van der Waals surface area contributed by atoms with Crippen LogP contribution in [0.2, 0.25) is 0 Å². The number of ether oxygens (including phenoxy) is 1. The molecule has 0 radical (unpaired) electrons. The lowest BCUT2D eigenvalue weighted by atomic mass is 9.96. The topological polar surface area (TPSA) is 52.3 Å². The molecule has 0 bridgehead atoms. The Morgan fingerprint density at radius 3 is 2.16 bits per heavy atom. The molecule has 106 valence electrons. The molecular weight excluding hydrogens is 306 g/mol. The molecule has 0 fully saturated rings. The van der Waals surface area contributed by atoms with Gasteiger partial charge in [-0.15, -0.1) is 0 Å². The monoisotopic (exact) mass is 327 g/mol.